The van der Waals surface area contributed by atoms with Gasteiger partial charge in [0.2, 0.25) is 5.91 Å². The van der Waals surface area contributed by atoms with E-state index in [2.05, 4.69) is 10.2 Å². The summed E-state index contributed by atoms with van der Waals surface area (Å²) in [6, 6.07) is 6.31. The van der Waals surface area contributed by atoms with Crippen LogP contribution in [-0.2, 0) is 11.2 Å². The van der Waals surface area contributed by atoms with Crippen LogP contribution in [0.4, 0.5) is 4.39 Å². The quantitative estimate of drug-likeness (QED) is 0.766. The van der Waals surface area contributed by atoms with Gasteiger partial charge in [0.05, 0.1) is 0 Å². The van der Waals surface area contributed by atoms with Crippen LogP contribution < -0.4 is 5.32 Å². The fourth-order valence-electron chi connectivity index (χ4n) is 1.85. The van der Waals surface area contributed by atoms with Gasteiger partial charge < -0.3 is 10.2 Å². The average molecular weight is 266 g/mol. The van der Waals surface area contributed by atoms with Gasteiger partial charge in [-0.25, -0.2) is 4.39 Å². The summed E-state index contributed by atoms with van der Waals surface area (Å²) in [6.07, 6.45) is 1.59. The summed E-state index contributed by atoms with van der Waals surface area (Å²) in [6.45, 7) is 3.56. The van der Waals surface area contributed by atoms with Gasteiger partial charge in [0.1, 0.15) is 5.82 Å². The number of hydrogen-bond donors (Lipinski definition) is 1. The molecular weight excluding hydrogens is 243 g/mol. The summed E-state index contributed by atoms with van der Waals surface area (Å²) >= 11 is 0. The van der Waals surface area contributed by atoms with Crippen molar-refractivity contribution in [1.29, 1.82) is 0 Å². The fraction of sp³-hybridized carbons (Fsp3) is 0.533. The van der Waals surface area contributed by atoms with Gasteiger partial charge in [0, 0.05) is 12.5 Å². The smallest absolute Gasteiger partial charge is 0.223 e. The summed E-state index contributed by atoms with van der Waals surface area (Å²) in [5.41, 5.74) is 0.984. The predicted octanol–water partition coefficient (Wildman–Crippen LogP) is 2.07. The number of benzene rings is 1. The van der Waals surface area contributed by atoms with Crippen LogP contribution in [0.1, 0.15) is 18.9 Å². The summed E-state index contributed by atoms with van der Waals surface area (Å²) < 4.78 is 12.8. The Morgan fingerprint density at radius 2 is 1.95 bits per heavy atom. The number of carbonyl (C=O) groups excluding carboxylic acids is 1. The number of rotatable bonds is 7. The first kappa shape index (κ1) is 15.6. The van der Waals surface area contributed by atoms with Crippen LogP contribution in [0.2, 0.25) is 0 Å². The Hall–Kier alpha value is -1.42. The van der Waals surface area contributed by atoms with Crippen LogP contribution in [0, 0.1) is 11.7 Å². The molecule has 1 unspecified atom stereocenters. The van der Waals surface area contributed by atoms with Crippen LogP contribution in [-0.4, -0.2) is 38.0 Å². The lowest BCUT2D eigenvalue weighted by Crippen LogP contribution is -2.32. The minimum absolute atomic E-state index is 0.0584. The maximum Gasteiger partial charge on any atom is 0.223 e. The molecule has 0 aliphatic rings. The Kier molecular flexibility index (Phi) is 6.50. The maximum absolute atomic E-state index is 12.8. The zero-order valence-corrected chi connectivity index (χ0v) is 11.9. The zero-order valence-electron chi connectivity index (χ0n) is 11.9. The molecule has 0 aliphatic heterocycles. The minimum Gasteiger partial charge on any atom is -0.356 e. The van der Waals surface area contributed by atoms with Crippen molar-refractivity contribution in [3.63, 3.8) is 0 Å². The first-order chi connectivity index (χ1) is 8.99. The standard InChI is InChI=1S/C15H23FN2O/c1-12(11-13-5-7-14(16)8-6-13)15(19)17-9-4-10-18(2)3/h5-8,12H,4,9-11H2,1-3H3,(H,17,19). The molecule has 4 heteroatoms. The van der Waals surface area contributed by atoms with Crippen LogP contribution in [0.25, 0.3) is 0 Å². The molecular formula is C15H23FN2O. The van der Waals surface area contributed by atoms with E-state index in [1.54, 1.807) is 12.1 Å². The SMILES string of the molecule is CC(Cc1ccc(F)cc1)C(=O)NCCCN(C)C. The lowest BCUT2D eigenvalue weighted by Gasteiger charge is -2.13. The topological polar surface area (TPSA) is 32.3 Å². The highest BCUT2D eigenvalue weighted by Gasteiger charge is 2.12. The monoisotopic (exact) mass is 266 g/mol. The molecule has 0 spiro atoms. The molecule has 1 amide bonds. The van der Waals surface area contributed by atoms with Crippen molar-refractivity contribution in [3.8, 4) is 0 Å². The van der Waals surface area contributed by atoms with Crippen LogP contribution in [0.5, 0.6) is 0 Å². The molecule has 1 aromatic rings. The van der Waals surface area contributed by atoms with E-state index < -0.39 is 0 Å². The third kappa shape index (κ3) is 6.34. The fourth-order valence-corrected chi connectivity index (χ4v) is 1.85. The molecule has 1 atom stereocenters. The molecule has 0 saturated heterocycles. The third-order valence-corrected chi connectivity index (χ3v) is 2.98. The number of halogens is 1. The Labute approximate surface area is 114 Å². The number of amides is 1. The molecule has 0 bridgehead atoms. The Balaban J connectivity index is 2.30. The summed E-state index contributed by atoms with van der Waals surface area (Å²) in [5, 5.41) is 2.93. The van der Waals surface area contributed by atoms with Crippen molar-refractivity contribution in [3.05, 3.63) is 35.6 Å². The Morgan fingerprint density at radius 1 is 1.32 bits per heavy atom. The normalized spacial score (nSPS) is 12.5. The van der Waals surface area contributed by atoms with E-state index >= 15 is 0 Å². The van der Waals surface area contributed by atoms with Crippen molar-refractivity contribution in [1.82, 2.24) is 10.2 Å². The molecule has 106 valence electrons. The maximum atomic E-state index is 12.8. The third-order valence-electron chi connectivity index (χ3n) is 2.98. The van der Waals surface area contributed by atoms with E-state index in [-0.39, 0.29) is 17.6 Å². The van der Waals surface area contributed by atoms with E-state index in [1.807, 2.05) is 21.0 Å². The number of hydrogen-bond acceptors (Lipinski definition) is 2. The first-order valence-corrected chi connectivity index (χ1v) is 6.66. The summed E-state index contributed by atoms with van der Waals surface area (Å²) in [4.78, 5) is 14.0. The Morgan fingerprint density at radius 3 is 2.53 bits per heavy atom. The molecule has 0 aliphatic carbocycles. The first-order valence-electron chi connectivity index (χ1n) is 6.66. The van der Waals surface area contributed by atoms with E-state index in [1.165, 1.54) is 12.1 Å². The molecule has 3 nitrogen and oxygen atoms in total. The van der Waals surface area contributed by atoms with Crippen LogP contribution in [0.3, 0.4) is 0 Å². The zero-order chi connectivity index (χ0) is 14.3. The Bertz CT molecular complexity index is 390. The largest absolute Gasteiger partial charge is 0.356 e. The van der Waals surface area contributed by atoms with Gasteiger partial charge >= 0.3 is 0 Å². The molecule has 0 saturated carbocycles. The van der Waals surface area contributed by atoms with Crippen LogP contribution >= 0.6 is 0 Å². The second-order valence-electron chi connectivity index (χ2n) is 5.18. The molecule has 0 heterocycles. The van der Waals surface area contributed by atoms with Crippen molar-refractivity contribution in [2.45, 2.75) is 19.8 Å². The van der Waals surface area contributed by atoms with Gasteiger partial charge in [-0.15, -0.1) is 0 Å². The second kappa shape index (κ2) is 7.89. The highest BCUT2D eigenvalue weighted by molar-refractivity contribution is 5.78. The highest BCUT2D eigenvalue weighted by Crippen LogP contribution is 2.09. The summed E-state index contributed by atoms with van der Waals surface area (Å²) in [7, 11) is 4.03. The van der Waals surface area contributed by atoms with Gasteiger partial charge in [0.25, 0.3) is 0 Å². The van der Waals surface area contributed by atoms with Crippen LogP contribution in [0.15, 0.2) is 24.3 Å². The lowest BCUT2D eigenvalue weighted by atomic mass is 10.0. The second-order valence-corrected chi connectivity index (χ2v) is 5.18. The van der Waals surface area contributed by atoms with Gasteiger partial charge in [0.15, 0.2) is 0 Å². The van der Waals surface area contributed by atoms with Crippen molar-refractivity contribution < 1.29 is 9.18 Å². The van der Waals surface area contributed by atoms with Gasteiger partial charge in [-0.05, 0) is 51.2 Å². The van der Waals surface area contributed by atoms with Gasteiger partial charge in [-0.1, -0.05) is 19.1 Å². The molecule has 19 heavy (non-hydrogen) atoms. The molecule has 1 N–H and O–H groups in total. The van der Waals surface area contributed by atoms with E-state index in [9.17, 15) is 9.18 Å². The molecule has 0 radical (unpaired) electrons. The van der Waals surface area contributed by atoms with Gasteiger partial charge in [-0.3, -0.25) is 4.79 Å². The minimum atomic E-state index is -0.246. The highest BCUT2D eigenvalue weighted by atomic mass is 19.1. The molecule has 0 aromatic heterocycles. The predicted molar refractivity (Wildman–Crippen MR) is 75.4 cm³/mol. The van der Waals surface area contributed by atoms with Crippen molar-refractivity contribution >= 4 is 5.91 Å². The van der Waals surface area contributed by atoms with Gasteiger partial charge in [-0.2, -0.15) is 0 Å². The molecule has 1 aromatic carbocycles. The van der Waals surface area contributed by atoms with Crippen molar-refractivity contribution in [2.75, 3.05) is 27.2 Å². The van der Waals surface area contributed by atoms with E-state index in [0.29, 0.717) is 13.0 Å². The van der Waals surface area contributed by atoms with E-state index in [4.69, 9.17) is 0 Å². The summed E-state index contributed by atoms with van der Waals surface area (Å²) in [5.74, 6) is -0.280. The number of carbonyl (C=O) groups is 1. The molecule has 1 rings (SSSR count). The van der Waals surface area contributed by atoms with E-state index in [0.717, 1.165) is 18.5 Å². The average Bonchev–Trinajstić information content (AvgIpc) is 2.36. The number of nitrogens with zero attached hydrogens (tertiary/aromatic N) is 1. The number of nitrogens with one attached hydrogen (secondary N) is 1. The molecule has 0 fully saturated rings. The van der Waals surface area contributed by atoms with Crippen molar-refractivity contribution in [2.24, 2.45) is 5.92 Å². The lowest BCUT2D eigenvalue weighted by molar-refractivity contribution is -0.124.